The van der Waals surface area contributed by atoms with Gasteiger partial charge >= 0.3 is 0 Å². The van der Waals surface area contributed by atoms with E-state index < -0.39 is 17.6 Å². The Balaban J connectivity index is 1.81. The molecule has 2 amide bonds. The van der Waals surface area contributed by atoms with Crippen LogP contribution in [0.25, 0.3) is 6.08 Å². The van der Waals surface area contributed by atoms with Crippen LogP contribution in [0, 0.1) is 5.82 Å². The molecule has 144 valence electrons. The summed E-state index contributed by atoms with van der Waals surface area (Å²) in [7, 11) is 0. The molecule has 28 heavy (non-hydrogen) atoms. The van der Waals surface area contributed by atoms with Gasteiger partial charge in [0.2, 0.25) is 0 Å². The van der Waals surface area contributed by atoms with E-state index in [1.165, 1.54) is 24.3 Å². The number of hydrogen-bond acceptors (Lipinski definition) is 5. The number of anilines is 1. The van der Waals surface area contributed by atoms with Gasteiger partial charge in [-0.3, -0.25) is 9.59 Å². The highest BCUT2D eigenvalue weighted by Crippen LogP contribution is 2.33. The third-order valence-electron chi connectivity index (χ3n) is 4.41. The number of amides is 2. The van der Waals surface area contributed by atoms with Gasteiger partial charge in [-0.1, -0.05) is 36.1 Å². The smallest absolute Gasteiger partial charge is 0.273 e. The lowest BCUT2D eigenvalue weighted by atomic mass is 10.1. The molecule has 0 N–H and O–H groups in total. The van der Waals surface area contributed by atoms with Crippen LogP contribution < -0.4 is 4.90 Å². The molecule has 0 saturated carbocycles. The number of nitrogens with zero attached hydrogens (tertiary/aromatic N) is 2. The van der Waals surface area contributed by atoms with E-state index in [0.29, 0.717) is 4.91 Å². The molecular formula is C21H19FN2O2S2. The number of imide groups is 1. The minimum absolute atomic E-state index is 0.172. The molecule has 1 heterocycles. The van der Waals surface area contributed by atoms with E-state index in [1.807, 2.05) is 24.3 Å². The summed E-state index contributed by atoms with van der Waals surface area (Å²) in [6.07, 6.45) is 1.73. The van der Waals surface area contributed by atoms with Crippen LogP contribution in [0.5, 0.6) is 0 Å². The van der Waals surface area contributed by atoms with Crippen LogP contribution in [0.15, 0.2) is 53.4 Å². The molecule has 2 aromatic rings. The Labute approximate surface area is 173 Å². The highest BCUT2D eigenvalue weighted by molar-refractivity contribution is 8.26. The Morgan fingerprint density at radius 2 is 1.71 bits per heavy atom. The normalized spacial score (nSPS) is 15.4. The summed E-state index contributed by atoms with van der Waals surface area (Å²) in [4.78, 5) is 28.9. The summed E-state index contributed by atoms with van der Waals surface area (Å²) in [6.45, 7) is 6.03. The van der Waals surface area contributed by atoms with Gasteiger partial charge in [-0.2, -0.15) is 0 Å². The molecule has 7 heteroatoms. The summed E-state index contributed by atoms with van der Waals surface area (Å²) >= 11 is 6.31. The molecule has 0 bridgehead atoms. The van der Waals surface area contributed by atoms with Gasteiger partial charge in [-0.05, 0) is 61.9 Å². The van der Waals surface area contributed by atoms with E-state index in [1.54, 1.807) is 6.08 Å². The summed E-state index contributed by atoms with van der Waals surface area (Å²) in [6, 6.07) is 12.9. The third-order valence-corrected chi connectivity index (χ3v) is 5.71. The SMILES string of the molecule is CCN(CC)c1ccc(/C=C2/SC(=S)N(C(=O)c3ccc(F)cc3)C2=O)cc1. The van der Waals surface area contributed by atoms with Crippen molar-refractivity contribution in [2.24, 2.45) is 0 Å². The van der Waals surface area contributed by atoms with E-state index in [9.17, 15) is 14.0 Å². The molecular weight excluding hydrogens is 395 g/mol. The first-order valence-electron chi connectivity index (χ1n) is 8.87. The molecule has 1 aliphatic heterocycles. The van der Waals surface area contributed by atoms with Crippen LogP contribution in [0.3, 0.4) is 0 Å². The number of hydrogen-bond donors (Lipinski definition) is 0. The molecule has 1 aliphatic rings. The van der Waals surface area contributed by atoms with Gasteiger partial charge in [0.05, 0.1) is 4.91 Å². The molecule has 1 fully saturated rings. The number of rotatable bonds is 5. The van der Waals surface area contributed by atoms with Crippen molar-refractivity contribution in [3.05, 3.63) is 70.4 Å². The van der Waals surface area contributed by atoms with Crippen molar-refractivity contribution >= 4 is 51.9 Å². The zero-order valence-corrected chi connectivity index (χ0v) is 17.1. The Bertz CT molecular complexity index is 936. The van der Waals surface area contributed by atoms with E-state index >= 15 is 0 Å². The lowest BCUT2D eigenvalue weighted by molar-refractivity contribution is -0.120. The maximum Gasteiger partial charge on any atom is 0.273 e. The topological polar surface area (TPSA) is 40.6 Å². The Kier molecular flexibility index (Phi) is 6.26. The van der Waals surface area contributed by atoms with Crippen molar-refractivity contribution in [3.8, 4) is 0 Å². The number of benzene rings is 2. The minimum Gasteiger partial charge on any atom is -0.372 e. The molecule has 0 aromatic heterocycles. The molecule has 3 rings (SSSR count). The van der Waals surface area contributed by atoms with Crippen molar-refractivity contribution in [1.82, 2.24) is 4.90 Å². The first-order valence-corrected chi connectivity index (χ1v) is 10.1. The van der Waals surface area contributed by atoms with Crippen LogP contribution in [0.4, 0.5) is 10.1 Å². The number of thiocarbonyl (C=S) groups is 1. The predicted octanol–water partition coefficient (Wildman–Crippen LogP) is 4.71. The first kappa shape index (κ1) is 20.2. The van der Waals surface area contributed by atoms with E-state index in [0.717, 1.165) is 41.0 Å². The second kappa shape index (κ2) is 8.67. The second-order valence-electron chi connectivity index (χ2n) is 6.09. The standard InChI is InChI=1S/C21H19FN2O2S2/c1-3-23(4-2)17-11-5-14(6-12-17)13-18-20(26)24(21(27)28-18)19(25)15-7-9-16(22)10-8-15/h5-13H,3-4H2,1-2H3/b18-13+. The van der Waals surface area contributed by atoms with Crippen molar-refractivity contribution in [2.75, 3.05) is 18.0 Å². The van der Waals surface area contributed by atoms with E-state index in [2.05, 4.69) is 18.7 Å². The summed E-state index contributed by atoms with van der Waals surface area (Å²) in [5.74, 6) is -1.46. The second-order valence-corrected chi connectivity index (χ2v) is 7.77. The van der Waals surface area contributed by atoms with Gasteiger partial charge in [0.25, 0.3) is 11.8 Å². The van der Waals surface area contributed by atoms with Crippen molar-refractivity contribution in [2.45, 2.75) is 13.8 Å². The van der Waals surface area contributed by atoms with Crippen LogP contribution in [0.2, 0.25) is 0 Å². The zero-order valence-electron chi connectivity index (χ0n) is 15.5. The van der Waals surface area contributed by atoms with Gasteiger partial charge in [-0.25, -0.2) is 9.29 Å². The monoisotopic (exact) mass is 414 g/mol. The van der Waals surface area contributed by atoms with Crippen molar-refractivity contribution in [1.29, 1.82) is 0 Å². The van der Waals surface area contributed by atoms with Gasteiger partial charge in [-0.15, -0.1) is 0 Å². The number of halogens is 1. The van der Waals surface area contributed by atoms with Gasteiger partial charge < -0.3 is 4.90 Å². The Morgan fingerprint density at radius 1 is 1.11 bits per heavy atom. The van der Waals surface area contributed by atoms with E-state index in [4.69, 9.17) is 12.2 Å². The fourth-order valence-electron chi connectivity index (χ4n) is 2.89. The number of carbonyl (C=O) groups excluding carboxylic acids is 2. The highest BCUT2D eigenvalue weighted by atomic mass is 32.2. The zero-order chi connectivity index (χ0) is 20.3. The molecule has 2 aromatic carbocycles. The Hall–Kier alpha value is -2.51. The molecule has 0 atom stereocenters. The first-order chi connectivity index (χ1) is 13.4. The molecule has 0 unspecified atom stereocenters. The average Bonchev–Trinajstić information content (AvgIpc) is 2.97. The lowest BCUT2D eigenvalue weighted by Gasteiger charge is -2.20. The Morgan fingerprint density at radius 3 is 2.29 bits per heavy atom. The molecule has 0 spiro atoms. The van der Waals surface area contributed by atoms with Gasteiger partial charge in [0.1, 0.15) is 5.82 Å². The van der Waals surface area contributed by atoms with Crippen molar-refractivity contribution < 1.29 is 14.0 Å². The molecule has 4 nitrogen and oxygen atoms in total. The van der Waals surface area contributed by atoms with Gasteiger partial charge in [0, 0.05) is 24.3 Å². The summed E-state index contributed by atoms with van der Waals surface area (Å²) in [5, 5.41) is 0. The largest absolute Gasteiger partial charge is 0.372 e. The fraction of sp³-hybridized carbons (Fsp3) is 0.190. The lowest BCUT2D eigenvalue weighted by Crippen LogP contribution is -2.34. The average molecular weight is 415 g/mol. The quantitative estimate of drug-likeness (QED) is 0.402. The molecule has 0 aliphatic carbocycles. The van der Waals surface area contributed by atoms with E-state index in [-0.39, 0.29) is 9.88 Å². The summed E-state index contributed by atoms with van der Waals surface area (Å²) < 4.78 is 13.2. The maximum absolute atomic E-state index is 13.1. The summed E-state index contributed by atoms with van der Waals surface area (Å²) in [5.41, 5.74) is 2.18. The number of thioether (sulfide) groups is 1. The maximum atomic E-state index is 13.1. The number of carbonyl (C=O) groups is 2. The van der Waals surface area contributed by atoms with Gasteiger partial charge in [0.15, 0.2) is 4.32 Å². The predicted molar refractivity (Wildman–Crippen MR) is 116 cm³/mol. The van der Waals surface area contributed by atoms with Crippen LogP contribution in [0.1, 0.15) is 29.8 Å². The molecule has 1 saturated heterocycles. The fourth-order valence-corrected chi connectivity index (χ4v) is 4.14. The highest BCUT2D eigenvalue weighted by Gasteiger charge is 2.37. The third kappa shape index (κ3) is 4.15. The molecule has 0 radical (unpaired) electrons. The van der Waals surface area contributed by atoms with Crippen LogP contribution in [-0.2, 0) is 4.79 Å². The van der Waals surface area contributed by atoms with Crippen LogP contribution in [-0.4, -0.2) is 34.1 Å². The van der Waals surface area contributed by atoms with Crippen molar-refractivity contribution in [3.63, 3.8) is 0 Å². The minimum atomic E-state index is -0.553. The van der Waals surface area contributed by atoms with Crippen LogP contribution >= 0.6 is 24.0 Å².